The number of aryl methyl sites for hydroxylation is 1. The molecule has 3 rings (SSSR count). The highest BCUT2D eigenvalue weighted by Crippen LogP contribution is 2.29. The predicted molar refractivity (Wildman–Crippen MR) is 93.8 cm³/mol. The number of hydrogen-bond donors (Lipinski definition) is 0. The lowest BCUT2D eigenvalue weighted by Gasteiger charge is -2.08. The Morgan fingerprint density at radius 1 is 1.04 bits per heavy atom. The Morgan fingerprint density at radius 3 is 2.32 bits per heavy atom. The molecule has 2 aromatic heterocycles. The molecule has 0 saturated carbocycles. The van der Waals surface area contributed by atoms with Crippen molar-refractivity contribution < 1.29 is 13.2 Å². The highest BCUT2D eigenvalue weighted by Gasteiger charge is 2.29. The molecule has 1 aromatic carbocycles. The molecule has 25 heavy (non-hydrogen) atoms. The summed E-state index contributed by atoms with van der Waals surface area (Å²) in [4.78, 5) is 8.56. The van der Waals surface area contributed by atoms with Crippen LogP contribution in [0.3, 0.4) is 0 Å². The number of alkyl halides is 3. The number of halogens is 5. The van der Waals surface area contributed by atoms with Crippen LogP contribution in [-0.4, -0.2) is 19.1 Å². The molecule has 0 amide bonds. The minimum atomic E-state index is -4.32. The van der Waals surface area contributed by atoms with Gasteiger partial charge in [0.05, 0.1) is 24.1 Å². The van der Waals surface area contributed by atoms with Crippen LogP contribution < -0.4 is 0 Å². The van der Waals surface area contributed by atoms with Crippen LogP contribution >= 0.6 is 24.8 Å². The van der Waals surface area contributed by atoms with Gasteiger partial charge in [0.25, 0.3) is 0 Å². The minimum absolute atomic E-state index is 0. The van der Waals surface area contributed by atoms with Crippen molar-refractivity contribution in [1.29, 1.82) is 0 Å². The molecule has 0 saturated heterocycles. The molecule has 0 N–H and O–H groups in total. The van der Waals surface area contributed by atoms with Gasteiger partial charge in [0.2, 0.25) is 0 Å². The molecule has 0 aliphatic heterocycles. The topological polar surface area (TPSA) is 35.6 Å². The lowest BCUT2D eigenvalue weighted by Crippen LogP contribution is -2.05. The first-order valence-corrected chi connectivity index (χ1v) is 7.18. The Hall–Kier alpha value is -1.99. The summed E-state index contributed by atoms with van der Waals surface area (Å²) in [6, 6.07) is 5.01. The zero-order valence-electron chi connectivity index (χ0n) is 13.3. The first kappa shape index (κ1) is 21.1. The van der Waals surface area contributed by atoms with Gasteiger partial charge >= 0.3 is 6.18 Å². The fourth-order valence-electron chi connectivity index (χ4n) is 2.38. The van der Waals surface area contributed by atoms with Crippen molar-refractivity contribution >= 4 is 24.8 Å². The van der Waals surface area contributed by atoms with E-state index in [-0.39, 0.29) is 24.8 Å². The van der Waals surface area contributed by atoms with E-state index in [1.54, 1.807) is 17.1 Å². The van der Waals surface area contributed by atoms with E-state index in [9.17, 15) is 13.2 Å². The largest absolute Gasteiger partial charge is 0.416 e. The number of aromatic nitrogens is 4. The van der Waals surface area contributed by atoms with Crippen LogP contribution in [-0.2, 0) is 19.1 Å². The molecular formula is C16H17Cl2F3N4. The average Bonchev–Trinajstić information content (AvgIpc) is 3.16. The van der Waals surface area contributed by atoms with Crippen LogP contribution in [0.5, 0.6) is 0 Å². The molecule has 0 fully saturated rings. The molecule has 0 spiro atoms. The van der Waals surface area contributed by atoms with Crippen LogP contribution in [0.4, 0.5) is 13.2 Å². The third-order valence-electron chi connectivity index (χ3n) is 3.58. The number of rotatable bonds is 4. The van der Waals surface area contributed by atoms with Crippen molar-refractivity contribution in [1.82, 2.24) is 19.1 Å². The van der Waals surface area contributed by atoms with Gasteiger partial charge in [-0.25, -0.2) is 9.97 Å². The molecule has 0 atom stereocenters. The smallest absolute Gasteiger partial charge is 0.329 e. The van der Waals surface area contributed by atoms with Gasteiger partial charge in [0, 0.05) is 30.7 Å². The first-order valence-electron chi connectivity index (χ1n) is 7.18. The van der Waals surface area contributed by atoms with Crippen LogP contribution in [0.1, 0.15) is 24.0 Å². The summed E-state index contributed by atoms with van der Waals surface area (Å²) in [6.07, 6.45) is 3.54. The van der Waals surface area contributed by atoms with Crippen LogP contribution in [0, 0.1) is 0 Å². The zero-order chi connectivity index (χ0) is 16.4. The van der Waals surface area contributed by atoms with Gasteiger partial charge in [-0.05, 0) is 24.3 Å². The maximum absolute atomic E-state index is 12.6. The molecule has 4 nitrogen and oxygen atoms in total. The second-order valence-electron chi connectivity index (χ2n) is 5.14. The van der Waals surface area contributed by atoms with E-state index in [2.05, 4.69) is 9.97 Å². The number of nitrogens with zero attached hydrogens (tertiary/aromatic N) is 4. The first-order chi connectivity index (χ1) is 11.0. The van der Waals surface area contributed by atoms with Gasteiger partial charge < -0.3 is 9.13 Å². The third-order valence-corrected chi connectivity index (χ3v) is 3.58. The van der Waals surface area contributed by atoms with E-state index < -0.39 is 11.7 Å². The molecule has 0 radical (unpaired) electrons. The van der Waals surface area contributed by atoms with Gasteiger partial charge in [-0.2, -0.15) is 13.2 Å². The Kier molecular flexibility index (Phi) is 7.07. The second-order valence-corrected chi connectivity index (χ2v) is 5.14. The van der Waals surface area contributed by atoms with E-state index in [0.717, 1.165) is 30.1 Å². The van der Waals surface area contributed by atoms with Crippen LogP contribution in [0.15, 0.2) is 49.2 Å². The van der Waals surface area contributed by atoms with Crippen molar-refractivity contribution in [2.75, 3.05) is 0 Å². The van der Waals surface area contributed by atoms with Gasteiger partial charge in [0.1, 0.15) is 5.82 Å². The predicted octanol–water partition coefficient (Wildman–Crippen LogP) is 4.54. The summed E-state index contributed by atoms with van der Waals surface area (Å²) >= 11 is 0. The number of hydrogen-bond acceptors (Lipinski definition) is 2. The van der Waals surface area contributed by atoms with Crippen LogP contribution in [0.25, 0.3) is 5.69 Å². The van der Waals surface area contributed by atoms with Gasteiger partial charge in [0.15, 0.2) is 0 Å². The van der Waals surface area contributed by atoms with E-state index in [0.29, 0.717) is 12.2 Å². The second kappa shape index (κ2) is 8.40. The Balaban J connectivity index is 0.00000156. The highest BCUT2D eigenvalue weighted by molar-refractivity contribution is 5.85. The number of imidazole rings is 2. The molecule has 2 heterocycles. The Labute approximate surface area is 155 Å². The molecule has 9 heteroatoms. The lowest BCUT2D eigenvalue weighted by molar-refractivity contribution is -0.137. The molecule has 0 aliphatic rings. The maximum Gasteiger partial charge on any atom is 0.416 e. The van der Waals surface area contributed by atoms with E-state index in [1.165, 1.54) is 12.1 Å². The normalized spacial score (nSPS) is 10.9. The quantitative estimate of drug-likeness (QED) is 0.653. The van der Waals surface area contributed by atoms with Crippen molar-refractivity contribution in [2.24, 2.45) is 0 Å². The molecule has 0 bridgehead atoms. The van der Waals surface area contributed by atoms with Crippen molar-refractivity contribution in [2.45, 2.75) is 26.1 Å². The monoisotopic (exact) mass is 392 g/mol. The highest BCUT2D eigenvalue weighted by atomic mass is 35.5. The van der Waals surface area contributed by atoms with Gasteiger partial charge in [-0.3, -0.25) is 0 Å². The average molecular weight is 393 g/mol. The van der Waals surface area contributed by atoms with E-state index in [4.69, 9.17) is 0 Å². The van der Waals surface area contributed by atoms with Gasteiger partial charge in [-0.15, -0.1) is 24.8 Å². The lowest BCUT2D eigenvalue weighted by atomic mass is 10.2. The Bertz CT molecular complexity index is 794. The van der Waals surface area contributed by atoms with Crippen molar-refractivity contribution in [3.8, 4) is 5.69 Å². The van der Waals surface area contributed by atoms with Crippen molar-refractivity contribution in [3.63, 3.8) is 0 Å². The fourth-order valence-corrected chi connectivity index (χ4v) is 2.38. The Morgan fingerprint density at radius 2 is 1.72 bits per heavy atom. The molecule has 3 aromatic rings. The summed E-state index contributed by atoms with van der Waals surface area (Å²) in [5.41, 5.74) is 0.795. The van der Waals surface area contributed by atoms with Crippen LogP contribution in [0.2, 0.25) is 0 Å². The van der Waals surface area contributed by atoms with Crippen molar-refractivity contribution in [3.05, 3.63) is 66.3 Å². The molecule has 136 valence electrons. The summed E-state index contributed by atoms with van der Waals surface area (Å²) in [7, 11) is 0. The maximum atomic E-state index is 12.6. The van der Waals surface area contributed by atoms with Gasteiger partial charge in [-0.1, -0.05) is 6.92 Å². The fraction of sp³-hybridized carbons (Fsp3) is 0.250. The summed E-state index contributed by atoms with van der Waals surface area (Å²) in [5.74, 6) is 0.967. The third kappa shape index (κ3) is 4.76. The van der Waals surface area contributed by atoms with E-state index >= 15 is 0 Å². The standard InChI is InChI=1S/C16H15F3N4.2ClH/c1-2-15-20-7-8-22(15)9-13-10-23(11-21-13)14-5-3-12(4-6-14)16(17,18)19;;/h3-8,10-11H,2,9H2,1H3;2*1H. The zero-order valence-corrected chi connectivity index (χ0v) is 14.9. The molecular weight excluding hydrogens is 376 g/mol. The molecule has 0 unspecified atom stereocenters. The summed E-state index contributed by atoms with van der Waals surface area (Å²) in [5, 5.41) is 0. The minimum Gasteiger partial charge on any atom is -0.329 e. The SMILES string of the molecule is CCc1nccn1Cc1cn(-c2ccc(C(F)(F)F)cc2)cn1.Cl.Cl. The number of benzene rings is 1. The summed E-state index contributed by atoms with van der Waals surface area (Å²) in [6.45, 7) is 2.61. The molecule has 0 aliphatic carbocycles. The van der Waals surface area contributed by atoms with E-state index in [1.807, 2.05) is 23.9 Å². The summed E-state index contributed by atoms with van der Waals surface area (Å²) < 4.78 is 41.4.